The Labute approximate surface area is 163 Å². The Morgan fingerprint density at radius 3 is 2.27 bits per heavy atom. The minimum Gasteiger partial charge on any atom is -0.349 e. The van der Waals surface area contributed by atoms with Gasteiger partial charge in [-0.3, -0.25) is 4.79 Å². The summed E-state index contributed by atoms with van der Waals surface area (Å²) in [7, 11) is -3.50. The molecular formula is C18H30ClN3O3S. The molecule has 0 spiro atoms. The highest BCUT2D eigenvalue weighted by Gasteiger charge is 2.26. The van der Waals surface area contributed by atoms with Crippen LogP contribution >= 0.6 is 12.4 Å². The second-order valence-electron chi connectivity index (χ2n) is 6.47. The summed E-state index contributed by atoms with van der Waals surface area (Å²) in [6.07, 6.45) is 4.25. The van der Waals surface area contributed by atoms with E-state index in [2.05, 4.69) is 5.32 Å². The van der Waals surface area contributed by atoms with Crippen molar-refractivity contribution in [3.05, 3.63) is 29.8 Å². The molecule has 1 aromatic carbocycles. The molecule has 0 heterocycles. The van der Waals surface area contributed by atoms with E-state index in [1.54, 1.807) is 26.0 Å². The molecule has 1 amide bonds. The maximum atomic E-state index is 12.5. The number of carbonyl (C=O) groups excluding carboxylic acids is 1. The molecular weight excluding hydrogens is 374 g/mol. The quantitative estimate of drug-likeness (QED) is 0.731. The van der Waals surface area contributed by atoms with Gasteiger partial charge in [0.1, 0.15) is 0 Å². The predicted molar refractivity (Wildman–Crippen MR) is 106 cm³/mol. The number of sulfonamides is 1. The van der Waals surface area contributed by atoms with E-state index in [9.17, 15) is 13.2 Å². The lowest BCUT2D eigenvalue weighted by atomic mass is 9.84. The molecule has 3 N–H and O–H groups in total. The third-order valence-electron chi connectivity index (χ3n) is 4.99. The zero-order valence-corrected chi connectivity index (χ0v) is 17.1. The van der Waals surface area contributed by atoms with Crippen LogP contribution in [-0.4, -0.2) is 44.3 Å². The van der Waals surface area contributed by atoms with Crippen LogP contribution in [0.15, 0.2) is 29.2 Å². The number of nitrogens with two attached hydrogens (primary N) is 1. The number of nitrogens with one attached hydrogen (secondary N) is 1. The van der Waals surface area contributed by atoms with Crippen molar-refractivity contribution in [1.82, 2.24) is 9.62 Å². The summed E-state index contributed by atoms with van der Waals surface area (Å²) in [5.74, 6) is 0.150. The number of hydrogen-bond acceptors (Lipinski definition) is 4. The molecule has 0 bridgehead atoms. The average Bonchev–Trinajstić information content (AvgIpc) is 2.63. The standard InChI is InChI=1S/C18H29N3O3S.ClH/c1-3-21(4-2)25(23,24)16-11-9-14(10-12-16)18(22)20-17-8-6-5-7-15(17)13-19;/h9-12,15,17H,3-8,13,19H2,1-2H3,(H,20,22);1H. The van der Waals surface area contributed by atoms with Crippen molar-refractivity contribution in [2.24, 2.45) is 11.7 Å². The predicted octanol–water partition coefficient (Wildman–Crippen LogP) is 2.39. The number of amides is 1. The van der Waals surface area contributed by atoms with Crippen molar-refractivity contribution in [1.29, 1.82) is 0 Å². The molecule has 8 heteroatoms. The second-order valence-corrected chi connectivity index (χ2v) is 8.41. The Morgan fingerprint density at radius 1 is 1.15 bits per heavy atom. The average molecular weight is 404 g/mol. The normalized spacial score (nSPS) is 20.5. The van der Waals surface area contributed by atoms with Gasteiger partial charge in [0, 0.05) is 24.7 Å². The van der Waals surface area contributed by atoms with E-state index in [-0.39, 0.29) is 29.3 Å². The van der Waals surface area contributed by atoms with Gasteiger partial charge in [0.25, 0.3) is 5.91 Å². The summed E-state index contributed by atoms with van der Waals surface area (Å²) in [6.45, 7) is 5.03. The number of rotatable bonds is 7. The van der Waals surface area contributed by atoms with E-state index >= 15 is 0 Å². The molecule has 148 valence electrons. The van der Waals surface area contributed by atoms with Crippen LogP contribution in [0, 0.1) is 5.92 Å². The van der Waals surface area contributed by atoms with Crippen molar-refractivity contribution < 1.29 is 13.2 Å². The summed E-state index contributed by atoms with van der Waals surface area (Å²) in [4.78, 5) is 12.7. The molecule has 2 atom stereocenters. The SMILES string of the molecule is CCN(CC)S(=O)(=O)c1ccc(C(=O)NC2CCCCC2CN)cc1.Cl. The van der Waals surface area contributed by atoms with Crippen LogP contribution in [-0.2, 0) is 10.0 Å². The summed E-state index contributed by atoms with van der Waals surface area (Å²) in [5, 5.41) is 3.06. The fourth-order valence-electron chi connectivity index (χ4n) is 3.42. The van der Waals surface area contributed by atoms with E-state index in [1.165, 1.54) is 16.4 Å². The fourth-order valence-corrected chi connectivity index (χ4v) is 4.88. The van der Waals surface area contributed by atoms with Gasteiger partial charge in [0.2, 0.25) is 10.0 Å². The number of nitrogens with zero attached hydrogens (tertiary/aromatic N) is 1. The summed E-state index contributed by atoms with van der Waals surface area (Å²) >= 11 is 0. The lowest BCUT2D eigenvalue weighted by molar-refractivity contribution is 0.0908. The Morgan fingerprint density at radius 2 is 1.73 bits per heavy atom. The minimum absolute atomic E-state index is 0. The van der Waals surface area contributed by atoms with Crippen LogP contribution in [0.25, 0.3) is 0 Å². The fraction of sp³-hybridized carbons (Fsp3) is 0.611. The summed E-state index contributed by atoms with van der Waals surface area (Å²) < 4.78 is 26.4. The maximum Gasteiger partial charge on any atom is 0.251 e. The van der Waals surface area contributed by atoms with Crippen LogP contribution in [0.2, 0.25) is 0 Å². The lowest BCUT2D eigenvalue weighted by Crippen LogP contribution is -2.44. The molecule has 6 nitrogen and oxygen atoms in total. The first-order valence-electron chi connectivity index (χ1n) is 9.05. The number of carbonyl (C=O) groups is 1. The van der Waals surface area contributed by atoms with Gasteiger partial charge in [-0.15, -0.1) is 12.4 Å². The van der Waals surface area contributed by atoms with E-state index in [4.69, 9.17) is 5.73 Å². The monoisotopic (exact) mass is 403 g/mol. The zero-order valence-electron chi connectivity index (χ0n) is 15.5. The van der Waals surface area contributed by atoms with Crippen LogP contribution < -0.4 is 11.1 Å². The van der Waals surface area contributed by atoms with E-state index in [0.717, 1.165) is 25.7 Å². The minimum atomic E-state index is -3.50. The van der Waals surface area contributed by atoms with Gasteiger partial charge in [-0.05, 0) is 49.6 Å². The molecule has 1 aliphatic rings. The molecule has 2 unspecified atom stereocenters. The Balaban J connectivity index is 0.00000338. The Kier molecular flexibility index (Phi) is 9.03. The van der Waals surface area contributed by atoms with E-state index in [1.807, 2.05) is 0 Å². The highest BCUT2D eigenvalue weighted by molar-refractivity contribution is 7.89. The van der Waals surface area contributed by atoms with Gasteiger partial charge < -0.3 is 11.1 Å². The summed E-state index contributed by atoms with van der Waals surface area (Å²) in [6, 6.07) is 6.26. The van der Waals surface area contributed by atoms with Gasteiger partial charge in [-0.1, -0.05) is 26.7 Å². The zero-order chi connectivity index (χ0) is 18.4. The van der Waals surface area contributed by atoms with Crippen LogP contribution in [0.3, 0.4) is 0 Å². The van der Waals surface area contributed by atoms with E-state index in [0.29, 0.717) is 31.1 Å². The van der Waals surface area contributed by atoms with Gasteiger partial charge in [0.05, 0.1) is 4.90 Å². The molecule has 2 rings (SSSR count). The molecule has 1 fully saturated rings. The molecule has 0 radical (unpaired) electrons. The molecule has 0 aromatic heterocycles. The molecule has 26 heavy (non-hydrogen) atoms. The molecule has 0 aliphatic heterocycles. The third-order valence-corrected chi connectivity index (χ3v) is 7.05. The van der Waals surface area contributed by atoms with Crippen molar-refractivity contribution in [2.75, 3.05) is 19.6 Å². The van der Waals surface area contributed by atoms with Crippen LogP contribution in [0.4, 0.5) is 0 Å². The first-order chi connectivity index (χ1) is 11.9. The molecule has 1 aromatic rings. The number of benzene rings is 1. The highest BCUT2D eigenvalue weighted by Crippen LogP contribution is 2.24. The lowest BCUT2D eigenvalue weighted by Gasteiger charge is -2.31. The van der Waals surface area contributed by atoms with Crippen LogP contribution in [0.5, 0.6) is 0 Å². The molecule has 0 saturated heterocycles. The third kappa shape index (κ3) is 5.19. The molecule has 1 aliphatic carbocycles. The van der Waals surface area contributed by atoms with Crippen LogP contribution in [0.1, 0.15) is 49.9 Å². The summed E-state index contributed by atoms with van der Waals surface area (Å²) in [5.41, 5.74) is 6.28. The first kappa shape index (κ1) is 22.9. The largest absolute Gasteiger partial charge is 0.349 e. The number of halogens is 1. The van der Waals surface area contributed by atoms with Gasteiger partial charge in [-0.25, -0.2) is 8.42 Å². The van der Waals surface area contributed by atoms with Crippen molar-refractivity contribution in [2.45, 2.75) is 50.5 Å². The first-order valence-corrected chi connectivity index (χ1v) is 10.5. The smallest absolute Gasteiger partial charge is 0.251 e. The van der Waals surface area contributed by atoms with Gasteiger partial charge in [0.15, 0.2) is 0 Å². The Bertz CT molecular complexity index is 675. The van der Waals surface area contributed by atoms with E-state index < -0.39 is 10.0 Å². The molecule has 1 saturated carbocycles. The van der Waals surface area contributed by atoms with Crippen molar-refractivity contribution >= 4 is 28.3 Å². The maximum absolute atomic E-state index is 12.5. The Hall–Kier alpha value is -1.15. The van der Waals surface area contributed by atoms with Crippen molar-refractivity contribution in [3.8, 4) is 0 Å². The topological polar surface area (TPSA) is 92.5 Å². The van der Waals surface area contributed by atoms with Gasteiger partial charge in [-0.2, -0.15) is 4.31 Å². The number of hydrogen-bond donors (Lipinski definition) is 2. The van der Waals surface area contributed by atoms with Crippen molar-refractivity contribution in [3.63, 3.8) is 0 Å². The highest BCUT2D eigenvalue weighted by atomic mass is 35.5. The van der Waals surface area contributed by atoms with Gasteiger partial charge >= 0.3 is 0 Å². The second kappa shape index (κ2) is 10.3.